The third-order valence-corrected chi connectivity index (χ3v) is 4.06. The number of carbonyl (C=O) groups is 1. The Kier molecular flexibility index (Phi) is 4.05. The van der Waals surface area contributed by atoms with E-state index >= 15 is 0 Å². The van der Waals surface area contributed by atoms with Crippen molar-refractivity contribution < 1.29 is 14.3 Å². The molecular formula is C17H14ClFN2O2. The minimum atomic E-state index is -0.430. The third-order valence-electron chi connectivity index (χ3n) is 3.73. The first-order valence-corrected chi connectivity index (χ1v) is 7.45. The van der Waals surface area contributed by atoms with Crippen LogP contribution < -0.4 is 0 Å². The van der Waals surface area contributed by atoms with E-state index in [1.165, 1.54) is 24.1 Å². The number of hydrogen-bond donors (Lipinski definition) is 1. The summed E-state index contributed by atoms with van der Waals surface area (Å²) in [7, 11) is 0. The van der Waals surface area contributed by atoms with Gasteiger partial charge in [0, 0.05) is 23.9 Å². The van der Waals surface area contributed by atoms with E-state index in [2.05, 4.69) is 5.10 Å². The van der Waals surface area contributed by atoms with Crippen molar-refractivity contribution in [3.05, 3.63) is 64.4 Å². The molecule has 0 bridgehead atoms. The minimum Gasteiger partial charge on any atom is -0.508 e. The largest absolute Gasteiger partial charge is 0.508 e. The van der Waals surface area contributed by atoms with Crippen LogP contribution in [-0.2, 0) is 4.79 Å². The second-order valence-corrected chi connectivity index (χ2v) is 5.75. The molecule has 0 spiro atoms. The zero-order chi connectivity index (χ0) is 16.6. The molecule has 3 rings (SSSR count). The van der Waals surface area contributed by atoms with E-state index in [0.717, 1.165) is 5.56 Å². The standard InChI is InChI=1S/C17H14ClFN2O2/c1-10(22)21-17(14-6-5-12(19)8-15(14)18)9-16(20-21)11-3-2-4-13(23)7-11/h2-8,17,23H,9H2,1H3/t17-/m0/s1. The molecule has 118 valence electrons. The molecule has 1 atom stereocenters. The van der Waals surface area contributed by atoms with E-state index in [9.17, 15) is 14.3 Å². The van der Waals surface area contributed by atoms with Crippen LogP contribution in [0, 0.1) is 5.82 Å². The van der Waals surface area contributed by atoms with Gasteiger partial charge >= 0.3 is 0 Å². The minimum absolute atomic E-state index is 0.128. The number of phenolic OH excluding ortho intramolecular Hbond substituents is 1. The maximum Gasteiger partial charge on any atom is 0.240 e. The van der Waals surface area contributed by atoms with Gasteiger partial charge in [-0.05, 0) is 29.8 Å². The number of hydrazone groups is 1. The van der Waals surface area contributed by atoms with E-state index in [1.54, 1.807) is 24.3 Å². The van der Waals surface area contributed by atoms with Crippen molar-refractivity contribution >= 4 is 23.2 Å². The summed E-state index contributed by atoms with van der Waals surface area (Å²) in [4.78, 5) is 11.9. The molecule has 0 saturated heterocycles. The van der Waals surface area contributed by atoms with Gasteiger partial charge in [0.2, 0.25) is 5.91 Å². The van der Waals surface area contributed by atoms with Crippen LogP contribution in [0.1, 0.15) is 30.5 Å². The average molecular weight is 333 g/mol. The first kappa shape index (κ1) is 15.5. The highest BCUT2D eigenvalue weighted by molar-refractivity contribution is 6.31. The molecule has 1 aliphatic heterocycles. The lowest BCUT2D eigenvalue weighted by Crippen LogP contribution is -2.24. The van der Waals surface area contributed by atoms with Crippen LogP contribution in [0.15, 0.2) is 47.6 Å². The van der Waals surface area contributed by atoms with Crippen LogP contribution >= 0.6 is 11.6 Å². The number of rotatable bonds is 2. The van der Waals surface area contributed by atoms with Crippen molar-refractivity contribution in [2.45, 2.75) is 19.4 Å². The molecule has 6 heteroatoms. The van der Waals surface area contributed by atoms with Gasteiger partial charge in [-0.2, -0.15) is 5.10 Å². The van der Waals surface area contributed by atoms with E-state index in [4.69, 9.17) is 11.6 Å². The van der Waals surface area contributed by atoms with Gasteiger partial charge in [0.25, 0.3) is 0 Å². The Morgan fingerprint density at radius 2 is 2.13 bits per heavy atom. The Hall–Kier alpha value is -2.40. The normalized spacial score (nSPS) is 17.3. The summed E-state index contributed by atoms with van der Waals surface area (Å²) < 4.78 is 13.3. The number of hydrogen-bond acceptors (Lipinski definition) is 3. The molecule has 1 aliphatic rings. The number of nitrogens with zero attached hydrogens (tertiary/aromatic N) is 2. The lowest BCUT2D eigenvalue weighted by Gasteiger charge is -2.21. The number of aromatic hydroxyl groups is 1. The average Bonchev–Trinajstić information content (AvgIpc) is 2.92. The fraction of sp³-hybridized carbons (Fsp3) is 0.176. The van der Waals surface area contributed by atoms with E-state index < -0.39 is 11.9 Å². The molecule has 0 fully saturated rings. The van der Waals surface area contributed by atoms with Gasteiger partial charge in [-0.15, -0.1) is 0 Å². The van der Waals surface area contributed by atoms with E-state index in [0.29, 0.717) is 17.7 Å². The zero-order valence-electron chi connectivity index (χ0n) is 12.3. The highest BCUT2D eigenvalue weighted by atomic mass is 35.5. The molecule has 0 saturated carbocycles. The van der Waals surface area contributed by atoms with Crippen molar-refractivity contribution in [3.63, 3.8) is 0 Å². The molecule has 1 heterocycles. The van der Waals surface area contributed by atoms with Gasteiger partial charge in [0.15, 0.2) is 0 Å². The lowest BCUT2D eigenvalue weighted by molar-refractivity contribution is -0.130. The maximum atomic E-state index is 13.3. The fourth-order valence-corrected chi connectivity index (χ4v) is 2.97. The molecule has 1 amide bonds. The second kappa shape index (κ2) is 6.01. The van der Waals surface area contributed by atoms with E-state index in [1.807, 2.05) is 6.07 Å². The predicted molar refractivity (Wildman–Crippen MR) is 85.9 cm³/mol. The Morgan fingerprint density at radius 3 is 2.78 bits per heavy atom. The summed E-state index contributed by atoms with van der Waals surface area (Å²) >= 11 is 6.13. The summed E-state index contributed by atoms with van der Waals surface area (Å²) in [6, 6.07) is 10.4. The molecule has 2 aromatic rings. The summed E-state index contributed by atoms with van der Waals surface area (Å²) in [6.07, 6.45) is 0.439. The molecule has 1 N–H and O–H groups in total. The molecule has 23 heavy (non-hydrogen) atoms. The molecule has 2 aromatic carbocycles. The van der Waals surface area contributed by atoms with Crippen molar-refractivity contribution in [1.29, 1.82) is 0 Å². The first-order chi connectivity index (χ1) is 11.0. The SMILES string of the molecule is CC(=O)N1N=C(c2cccc(O)c2)C[C@H]1c1ccc(F)cc1Cl. The van der Waals surface area contributed by atoms with Crippen molar-refractivity contribution in [2.75, 3.05) is 0 Å². The molecule has 0 aliphatic carbocycles. The first-order valence-electron chi connectivity index (χ1n) is 7.07. The van der Waals surface area contributed by atoms with Gasteiger partial charge < -0.3 is 5.11 Å². The topological polar surface area (TPSA) is 52.9 Å². The fourth-order valence-electron chi connectivity index (χ4n) is 2.67. The number of carbonyl (C=O) groups excluding carboxylic acids is 1. The van der Waals surface area contributed by atoms with Gasteiger partial charge in [0.1, 0.15) is 11.6 Å². The van der Waals surface area contributed by atoms with Crippen LogP contribution in [0.2, 0.25) is 5.02 Å². The molecule has 0 unspecified atom stereocenters. The Labute approximate surface area is 137 Å². The quantitative estimate of drug-likeness (QED) is 0.907. The van der Waals surface area contributed by atoms with Crippen molar-refractivity contribution in [2.24, 2.45) is 5.10 Å². The van der Waals surface area contributed by atoms with Gasteiger partial charge in [-0.1, -0.05) is 29.8 Å². The summed E-state index contributed by atoms with van der Waals surface area (Å²) in [5, 5.41) is 15.6. The van der Waals surface area contributed by atoms with E-state index in [-0.39, 0.29) is 16.7 Å². The highest BCUT2D eigenvalue weighted by Crippen LogP contribution is 2.36. The van der Waals surface area contributed by atoms with Crippen molar-refractivity contribution in [3.8, 4) is 5.75 Å². The molecule has 0 radical (unpaired) electrons. The van der Waals surface area contributed by atoms with Gasteiger partial charge in [0.05, 0.1) is 11.8 Å². The van der Waals surface area contributed by atoms with Crippen LogP contribution in [0.25, 0.3) is 0 Å². The summed E-state index contributed by atoms with van der Waals surface area (Å²) in [5.41, 5.74) is 2.04. The van der Waals surface area contributed by atoms with Gasteiger partial charge in [-0.25, -0.2) is 9.40 Å². The second-order valence-electron chi connectivity index (χ2n) is 5.35. The van der Waals surface area contributed by atoms with Crippen LogP contribution in [0.5, 0.6) is 5.75 Å². The zero-order valence-corrected chi connectivity index (χ0v) is 13.1. The lowest BCUT2D eigenvalue weighted by atomic mass is 9.98. The Balaban J connectivity index is 1.99. The van der Waals surface area contributed by atoms with Crippen LogP contribution in [-0.4, -0.2) is 21.7 Å². The van der Waals surface area contributed by atoms with Crippen LogP contribution in [0.3, 0.4) is 0 Å². The number of amides is 1. The highest BCUT2D eigenvalue weighted by Gasteiger charge is 2.32. The number of benzene rings is 2. The van der Waals surface area contributed by atoms with Crippen LogP contribution in [0.4, 0.5) is 4.39 Å². The smallest absolute Gasteiger partial charge is 0.240 e. The molecule has 4 nitrogen and oxygen atoms in total. The number of halogens is 2. The predicted octanol–water partition coefficient (Wildman–Crippen LogP) is 3.88. The molecule has 0 aromatic heterocycles. The Bertz CT molecular complexity index is 807. The van der Waals surface area contributed by atoms with Gasteiger partial charge in [-0.3, -0.25) is 4.79 Å². The number of phenols is 1. The van der Waals surface area contributed by atoms with Crippen molar-refractivity contribution in [1.82, 2.24) is 5.01 Å². The molecular weight excluding hydrogens is 319 g/mol. The third kappa shape index (κ3) is 3.05. The maximum absolute atomic E-state index is 13.3. The monoisotopic (exact) mass is 332 g/mol. The Morgan fingerprint density at radius 1 is 1.35 bits per heavy atom. The summed E-state index contributed by atoms with van der Waals surface area (Å²) in [6.45, 7) is 1.42. The summed E-state index contributed by atoms with van der Waals surface area (Å²) in [5.74, 6) is -0.534.